The summed E-state index contributed by atoms with van der Waals surface area (Å²) < 4.78 is 10.3. The Bertz CT molecular complexity index is 818. The quantitative estimate of drug-likeness (QED) is 0.414. The summed E-state index contributed by atoms with van der Waals surface area (Å²) in [4.78, 5) is 22.2. The molecule has 0 radical (unpaired) electrons. The second-order valence-electron chi connectivity index (χ2n) is 5.74. The van der Waals surface area contributed by atoms with Crippen molar-refractivity contribution < 1.29 is 19.2 Å². The highest BCUT2D eigenvalue weighted by atomic mass is 16.6. The molecule has 0 bridgehead atoms. The second-order valence-corrected chi connectivity index (χ2v) is 5.74. The van der Waals surface area contributed by atoms with Gasteiger partial charge >= 0.3 is 5.69 Å². The monoisotopic (exact) mass is 371 g/mol. The Balaban J connectivity index is 1.79. The number of amides is 1. The smallest absolute Gasteiger partial charge is 0.310 e. The molecule has 2 aromatic rings. The van der Waals surface area contributed by atoms with Gasteiger partial charge in [-0.15, -0.1) is 0 Å². The average molecular weight is 371 g/mol. The summed E-state index contributed by atoms with van der Waals surface area (Å²) in [6, 6.07) is 13.6. The maximum absolute atomic E-state index is 11.8. The van der Waals surface area contributed by atoms with Gasteiger partial charge in [-0.25, -0.2) is 5.43 Å². The van der Waals surface area contributed by atoms with E-state index in [1.165, 1.54) is 18.2 Å². The van der Waals surface area contributed by atoms with E-state index in [-0.39, 0.29) is 18.0 Å². The van der Waals surface area contributed by atoms with E-state index in [1.54, 1.807) is 13.2 Å². The van der Waals surface area contributed by atoms with Gasteiger partial charge in [-0.3, -0.25) is 14.9 Å². The van der Waals surface area contributed by atoms with E-state index >= 15 is 0 Å². The summed E-state index contributed by atoms with van der Waals surface area (Å²) in [5, 5.41) is 14.9. The van der Waals surface area contributed by atoms with Gasteiger partial charge in [-0.1, -0.05) is 24.3 Å². The van der Waals surface area contributed by atoms with Crippen molar-refractivity contribution in [2.75, 3.05) is 13.7 Å². The molecule has 0 aliphatic carbocycles. The number of nitrogens with one attached hydrogen (secondary N) is 1. The number of ether oxygens (including phenoxy) is 2. The minimum absolute atomic E-state index is 0.0397. The molecule has 2 rings (SSSR count). The van der Waals surface area contributed by atoms with Gasteiger partial charge in [0.1, 0.15) is 5.75 Å². The number of carbonyl (C=O) groups is 1. The third-order valence-corrected chi connectivity index (χ3v) is 3.73. The SMILES string of the molecule is COc1ccc(CC/C(C)=N\NC(=O)COc2ccccc2[N+](=O)[O-])cc1. The minimum atomic E-state index is -0.561. The molecule has 0 atom stereocenters. The lowest BCUT2D eigenvalue weighted by molar-refractivity contribution is -0.385. The predicted octanol–water partition coefficient (Wildman–Crippen LogP) is 3.11. The fourth-order valence-corrected chi connectivity index (χ4v) is 2.24. The first kappa shape index (κ1) is 19.9. The lowest BCUT2D eigenvalue weighted by atomic mass is 10.1. The van der Waals surface area contributed by atoms with Crippen molar-refractivity contribution in [2.45, 2.75) is 19.8 Å². The number of nitro groups is 1. The van der Waals surface area contributed by atoms with E-state index in [0.717, 1.165) is 23.4 Å². The van der Waals surface area contributed by atoms with Gasteiger partial charge in [0.2, 0.25) is 0 Å². The van der Waals surface area contributed by atoms with Gasteiger partial charge in [-0.2, -0.15) is 5.10 Å². The van der Waals surface area contributed by atoms with Crippen LogP contribution < -0.4 is 14.9 Å². The third kappa shape index (κ3) is 6.43. The van der Waals surface area contributed by atoms with Gasteiger partial charge in [0.05, 0.1) is 12.0 Å². The van der Waals surface area contributed by atoms with Crippen molar-refractivity contribution in [1.82, 2.24) is 5.43 Å². The van der Waals surface area contributed by atoms with E-state index in [1.807, 2.05) is 31.2 Å². The summed E-state index contributed by atoms with van der Waals surface area (Å²) in [6.07, 6.45) is 1.46. The highest BCUT2D eigenvalue weighted by Gasteiger charge is 2.14. The van der Waals surface area contributed by atoms with Crippen molar-refractivity contribution in [2.24, 2.45) is 5.10 Å². The number of rotatable bonds is 9. The predicted molar refractivity (Wildman–Crippen MR) is 101 cm³/mol. The first-order valence-electron chi connectivity index (χ1n) is 8.30. The molecule has 27 heavy (non-hydrogen) atoms. The van der Waals surface area contributed by atoms with Crippen LogP contribution in [-0.4, -0.2) is 30.3 Å². The Morgan fingerprint density at radius 1 is 1.19 bits per heavy atom. The number of hydrazone groups is 1. The Labute approximate surface area is 157 Å². The van der Waals surface area contributed by atoms with Crippen molar-refractivity contribution in [3.63, 3.8) is 0 Å². The molecule has 1 N–H and O–H groups in total. The van der Waals surface area contributed by atoms with Crippen LogP contribution in [0.1, 0.15) is 18.9 Å². The van der Waals surface area contributed by atoms with E-state index < -0.39 is 10.8 Å². The number of hydrogen-bond acceptors (Lipinski definition) is 6. The maximum atomic E-state index is 11.8. The zero-order chi connectivity index (χ0) is 19.6. The van der Waals surface area contributed by atoms with E-state index in [0.29, 0.717) is 6.42 Å². The number of nitrogens with zero attached hydrogens (tertiary/aromatic N) is 2. The molecule has 0 saturated heterocycles. The number of hydrogen-bond donors (Lipinski definition) is 1. The molecule has 0 aromatic heterocycles. The largest absolute Gasteiger partial charge is 0.497 e. The lowest BCUT2D eigenvalue weighted by Gasteiger charge is -2.06. The van der Waals surface area contributed by atoms with Crippen LogP contribution in [0.2, 0.25) is 0 Å². The van der Waals surface area contributed by atoms with Crippen LogP contribution in [0.4, 0.5) is 5.69 Å². The molecule has 0 fully saturated rings. The zero-order valence-corrected chi connectivity index (χ0v) is 15.2. The Kier molecular flexibility index (Phi) is 7.30. The minimum Gasteiger partial charge on any atom is -0.497 e. The topological polar surface area (TPSA) is 103 Å². The molecule has 0 heterocycles. The molecular weight excluding hydrogens is 350 g/mol. The van der Waals surface area contributed by atoms with Gasteiger partial charge in [0, 0.05) is 11.8 Å². The molecule has 0 aliphatic rings. The van der Waals surface area contributed by atoms with Crippen LogP contribution in [0.5, 0.6) is 11.5 Å². The zero-order valence-electron chi connectivity index (χ0n) is 15.2. The van der Waals surface area contributed by atoms with Gasteiger partial charge in [-0.05, 0) is 43.5 Å². The first-order valence-corrected chi connectivity index (χ1v) is 8.30. The van der Waals surface area contributed by atoms with Crippen LogP contribution in [-0.2, 0) is 11.2 Å². The molecule has 142 valence electrons. The van der Waals surface area contributed by atoms with Crippen molar-refractivity contribution >= 4 is 17.3 Å². The van der Waals surface area contributed by atoms with Crippen LogP contribution in [0, 0.1) is 10.1 Å². The summed E-state index contributed by atoms with van der Waals surface area (Å²) in [7, 11) is 1.62. The Morgan fingerprint density at radius 3 is 2.56 bits per heavy atom. The summed E-state index contributed by atoms with van der Waals surface area (Å²) >= 11 is 0. The summed E-state index contributed by atoms with van der Waals surface area (Å²) in [5.74, 6) is 0.352. The molecular formula is C19H21N3O5. The molecule has 0 saturated carbocycles. The normalized spacial score (nSPS) is 11.0. The number of nitro benzene ring substituents is 1. The van der Waals surface area contributed by atoms with Crippen LogP contribution in [0.15, 0.2) is 53.6 Å². The molecule has 0 aliphatic heterocycles. The molecule has 1 amide bonds. The van der Waals surface area contributed by atoms with Gasteiger partial charge in [0.25, 0.3) is 5.91 Å². The van der Waals surface area contributed by atoms with Gasteiger partial charge < -0.3 is 9.47 Å². The third-order valence-electron chi connectivity index (χ3n) is 3.73. The first-order chi connectivity index (χ1) is 13.0. The highest BCUT2D eigenvalue weighted by molar-refractivity contribution is 5.85. The highest BCUT2D eigenvalue weighted by Crippen LogP contribution is 2.25. The summed E-state index contributed by atoms with van der Waals surface area (Å²) in [5.41, 5.74) is 4.09. The molecule has 2 aromatic carbocycles. The number of benzene rings is 2. The Hall–Kier alpha value is -3.42. The van der Waals surface area contributed by atoms with E-state index in [4.69, 9.17) is 9.47 Å². The standard InChI is InChI=1S/C19H21N3O5/c1-14(7-8-15-9-11-16(26-2)12-10-15)20-21-19(23)13-27-18-6-4-3-5-17(18)22(24)25/h3-6,9-12H,7-8,13H2,1-2H3,(H,21,23)/b20-14-. The van der Waals surface area contributed by atoms with Crippen LogP contribution in [0.25, 0.3) is 0 Å². The fraction of sp³-hybridized carbons (Fsp3) is 0.263. The van der Waals surface area contributed by atoms with E-state index in [2.05, 4.69) is 10.5 Å². The number of carbonyl (C=O) groups excluding carboxylic acids is 1. The Morgan fingerprint density at radius 2 is 1.89 bits per heavy atom. The van der Waals surface area contributed by atoms with Crippen LogP contribution in [0.3, 0.4) is 0 Å². The molecule has 0 spiro atoms. The summed E-state index contributed by atoms with van der Waals surface area (Å²) in [6.45, 7) is 1.45. The second kappa shape index (κ2) is 9.91. The molecule has 8 heteroatoms. The van der Waals surface area contributed by atoms with E-state index in [9.17, 15) is 14.9 Å². The van der Waals surface area contributed by atoms with Crippen molar-refractivity contribution in [1.29, 1.82) is 0 Å². The maximum Gasteiger partial charge on any atom is 0.310 e. The molecule has 8 nitrogen and oxygen atoms in total. The molecule has 0 unspecified atom stereocenters. The lowest BCUT2D eigenvalue weighted by Crippen LogP contribution is -2.25. The fourth-order valence-electron chi connectivity index (χ4n) is 2.24. The number of methoxy groups -OCH3 is 1. The van der Waals surface area contributed by atoms with Gasteiger partial charge in [0.15, 0.2) is 12.4 Å². The van der Waals surface area contributed by atoms with Crippen molar-refractivity contribution in [3.8, 4) is 11.5 Å². The number of para-hydroxylation sites is 2. The van der Waals surface area contributed by atoms with Crippen molar-refractivity contribution in [3.05, 3.63) is 64.2 Å². The average Bonchev–Trinajstić information content (AvgIpc) is 2.69. The van der Waals surface area contributed by atoms with Crippen LogP contribution >= 0.6 is 0 Å². The number of aryl methyl sites for hydroxylation is 1.